The molecule has 10 heteroatoms. The molecule has 1 saturated carbocycles. The zero-order valence-corrected chi connectivity index (χ0v) is 19.5. The fraction of sp³-hybridized carbons (Fsp3) is 0.500. The SMILES string of the molecule is Cc1cc(C(=O)NCCNc2ccc(S(C)(=O)=O)cc2[N+](=O)[O-])c(C)n1C1CCCCC1. The Bertz CT molecular complexity index is 1120. The molecular formula is C22H30N4O5S. The summed E-state index contributed by atoms with van der Waals surface area (Å²) in [5.41, 5.74) is 2.57. The first-order chi connectivity index (χ1) is 15.1. The molecule has 1 fully saturated rings. The van der Waals surface area contributed by atoms with Crippen LogP contribution in [0, 0.1) is 24.0 Å². The minimum absolute atomic E-state index is 0.114. The van der Waals surface area contributed by atoms with Crippen molar-refractivity contribution in [3.05, 3.63) is 51.3 Å². The van der Waals surface area contributed by atoms with Gasteiger partial charge >= 0.3 is 0 Å². The van der Waals surface area contributed by atoms with Gasteiger partial charge in [0.15, 0.2) is 9.84 Å². The molecule has 174 valence electrons. The molecule has 0 saturated heterocycles. The molecule has 0 bridgehead atoms. The van der Waals surface area contributed by atoms with Crippen LogP contribution in [-0.2, 0) is 9.84 Å². The van der Waals surface area contributed by atoms with Crippen LogP contribution in [0.15, 0.2) is 29.2 Å². The standard InChI is InChI=1S/C22H30N4O5S/c1-15-13-19(16(2)25(15)17-7-5-4-6-8-17)22(27)24-12-11-23-20-10-9-18(32(3,30)31)14-21(20)26(28)29/h9-10,13-14,17,23H,4-8,11-12H2,1-3H3,(H,24,27). The number of hydrogen-bond donors (Lipinski definition) is 2. The highest BCUT2D eigenvalue weighted by Gasteiger charge is 2.23. The molecule has 1 heterocycles. The number of carbonyl (C=O) groups is 1. The number of anilines is 1. The number of aromatic nitrogens is 1. The largest absolute Gasteiger partial charge is 0.378 e. The Morgan fingerprint density at radius 1 is 1.16 bits per heavy atom. The third-order valence-electron chi connectivity index (χ3n) is 5.99. The van der Waals surface area contributed by atoms with Gasteiger partial charge in [0.1, 0.15) is 5.69 Å². The number of nitrogens with one attached hydrogen (secondary N) is 2. The van der Waals surface area contributed by atoms with Crippen LogP contribution in [0.4, 0.5) is 11.4 Å². The summed E-state index contributed by atoms with van der Waals surface area (Å²) in [6, 6.07) is 6.09. The molecule has 1 aliphatic rings. The monoisotopic (exact) mass is 462 g/mol. The predicted molar refractivity (Wildman–Crippen MR) is 123 cm³/mol. The van der Waals surface area contributed by atoms with Gasteiger partial charge in [-0.3, -0.25) is 14.9 Å². The zero-order valence-electron chi connectivity index (χ0n) is 18.7. The summed E-state index contributed by atoms with van der Waals surface area (Å²) in [6.45, 7) is 4.52. The normalized spacial score (nSPS) is 14.8. The van der Waals surface area contributed by atoms with E-state index >= 15 is 0 Å². The van der Waals surface area contributed by atoms with E-state index in [1.165, 1.54) is 31.4 Å². The molecule has 0 spiro atoms. The van der Waals surface area contributed by atoms with Crippen molar-refractivity contribution in [1.82, 2.24) is 9.88 Å². The average Bonchev–Trinajstić information content (AvgIpc) is 3.04. The van der Waals surface area contributed by atoms with Crippen LogP contribution in [-0.4, -0.2) is 43.2 Å². The van der Waals surface area contributed by atoms with Crippen LogP contribution in [0.5, 0.6) is 0 Å². The Kier molecular flexibility index (Phi) is 7.22. The lowest BCUT2D eigenvalue weighted by atomic mass is 9.95. The van der Waals surface area contributed by atoms with Crippen LogP contribution in [0.2, 0.25) is 0 Å². The Hall–Kier alpha value is -2.88. The highest BCUT2D eigenvalue weighted by atomic mass is 32.2. The van der Waals surface area contributed by atoms with Gasteiger partial charge in [-0.2, -0.15) is 0 Å². The van der Waals surface area contributed by atoms with E-state index in [0.717, 1.165) is 36.6 Å². The van der Waals surface area contributed by atoms with Crippen LogP contribution in [0.1, 0.15) is 59.9 Å². The van der Waals surface area contributed by atoms with Crippen molar-refractivity contribution in [2.45, 2.75) is 56.9 Å². The van der Waals surface area contributed by atoms with Gasteiger partial charge in [0.2, 0.25) is 0 Å². The summed E-state index contributed by atoms with van der Waals surface area (Å²) in [5, 5.41) is 17.1. The van der Waals surface area contributed by atoms with Crippen molar-refractivity contribution < 1.29 is 18.1 Å². The Morgan fingerprint density at radius 2 is 1.84 bits per heavy atom. The summed E-state index contributed by atoms with van der Waals surface area (Å²) in [5.74, 6) is -0.177. The van der Waals surface area contributed by atoms with E-state index in [9.17, 15) is 23.3 Å². The van der Waals surface area contributed by atoms with Crippen molar-refractivity contribution >= 4 is 27.1 Å². The quantitative estimate of drug-likeness (QED) is 0.350. The van der Waals surface area contributed by atoms with Gasteiger partial charge in [0, 0.05) is 42.8 Å². The van der Waals surface area contributed by atoms with Gasteiger partial charge in [0.05, 0.1) is 15.4 Å². The number of rotatable bonds is 8. The molecular weight excluding hydrogens is 432 g/mol. The van der Waals surface area contributed by atoms with Crippen molar-refractivity contribution in [3.63, 3.8) is 0 Å². The second kappa shape index (κ2) is 9.72. The third-order valence-corrected chi connectivity index (χ3v) is 7.10. The maximum absolute atomic E-state index is 12.7. The lowest BCUT2D eigenvalue weighted by Crippen LogP contribution is -2.29. The Labute approximate surface area is 188 Å². The fourth-order valence-electron chi connectivity index (χ4n) is 4.42. The molecule has 32 heavy (non-hydrogen) atoms. The number of aryl methyl sites for hydroxylation is 1. The summed E-state index contributed by atoms with van der Waals surface area (Å²) in [7, 11) is -3.55. The van der Waals surface area contributed by atoms with E-state index in [-0.39, 0.29) is 35.3 Å². The van der Waals surface area contributed by atoms with Crippen molar-refractivity contribution in [2.24, 2.45) is 0 Å². The maximum Gasteiger partial charge on any atom is 0.293 e. The van der Waals surface area contributed by atoms with Gasteiger partial charge in [-0.1, -0.05) is 19.3 Å². The van der Waals surface area contributed by atoms with Crippen molar-refractivity contribution in [1.29, 1.82) is 0 Å². The topological polar surface area (TPSA) is 123 Å². The molecule has 9 nitrogen and oxygen atoms in total. The minimum atomic E-state index is -3.55. The molecule has 3 rings (SSSR count). The Balaban J connectivity index is 1.62. The summed E-state index contributed by atoms with van der Waals surface area (Å²) >= 11 is 0. The van der Waals surface area contributed by atoms with Gasteiger partial charge in [-0.15, -0.1) is 0 Å². The first-order valence-electron chi connectivity index (χ1n) is 10.8. The van der Waals surface area contributed by atoms with Gasteiger partial charge in [-0.25, -0.2) is 8.42 Å². The summed E-state index contributed by atoms with van der Waals surface area (Å²) < 4.78 is 25.6. The number of carbonyl (C=O) groups excluding carboxylic acids is 1. The molecule has 1 aromatic heterocycles. The molecule has 2 N–H and O–H groups in total. The molecule has 1 amide bonds. The lowest BCUT2D eigenvalue weighted by molar-refractivity contribution is -0.384. The smallest absolute Gasteiger partial charge is 0.293 e. The van der Waals surface area contributed by atoms with Crippen LogP contribution < -0.4 is 10.6 Å². The van der Waals surface area contributed by atoms with E-state index in [1.54, 1.807) is 0 Å². The number of nitrogens with zero attached hydrogens (tertiary/aromatic N) is 2. The average molecular weight is 463 g/mol. The number of nitro benzene ring substituents is 1. The van der Waals surface area contributed by atoms with Gasteiger partial charge < -0.3 is 15.2 Å². The van der Waals surface area contributed by atoms with Crippen LogP contribution >= 0.6 is 0 Å². The molecule has 2 aromatic rings. The summed E-state index contributed by atoms with van der Waals surface area (Å²) in [4.78, 5) is 23.3. The number of benzene rings is 1. The number of nitro groups is 1. The van der Waals surface area contributed by atoms with Crippen molar-refractivity contribution in [3.8, 4) is 0 Å². The predicted octanol–water partition coefficient (Wildman–Crippen LogP) is 3.76. The molecule has 0 radical (unpaired) electrons. The van der Waals surface area contributed by atoms with E-state index in [2.05, 4.69) is 15.2 Å². The highest BCUT2D eigenvalue weighted by Crippen LogP contribution is 2.32. The lowest BCUT2D eigenvalue weighted by Gasteiger charge is -2.26. The first-order valence-corrected chi connectivity index (χ1v) is 12.7. The Morgan fingerprint density at radius 3 is 2.47 bits per heavy atom. The number of sulfone groups is 1. The number of hydrogen-bond acceptors (Lipinski definition) is 6. The second-order valence-corrected chi connectivity index (χ2v) is 10.4. The minimum Gasteiger partial charge on any atom is -0.378 e. The van der Waals surface area contributed by atoms with Gasteiger partial charge in [0.25, 0.3) is 11.6 Å². The molecule has 0 unspecified atom stereocenters. The third kappa shape index (κ3) is 5.29. The van der Waals surface area contributed by atoms with Gasteiger partial charge in [-0.05, 0) is 44.9 Å². The number of amides is 1. The molecule has 1 aromatic carbocycles. The first kappa shape index (κ1) is 23.8. The second-order valence-electron chi connectivity index (χ2n) is 8.34. The maximum atomic E-state index is 12.7. The molecule has 0 atom stereocenters. The van der Waals surface area contributed by atoms with Crippen LogP contribution in [0.25, 0.3) is 0 Å². The summed E-state index contributed by atoms with van der Waals surface area (Å²) in [6.07, 6.45) is 6.97. The van der Waals surface area contributed by atoms with E-state index in [4.69, 9.17) is 0 Å². The zero-order chi connectivity index (χ0) is 23.5. The molecule has 0 aliphatic heterocycles. The fourth-order valence-corrected chi connectivity index (χ4v) is 5.06. The molecule has 1 aliphatic carbocycles. The van der Waals surface area contributed by atoms with Crippen molar-refractivity contribution in [2.75, 3.05) is 24.7 Å². The van der Waals surface area contributed by atoms with E-state index in [1.807, 2.05) is 19.9 Å². The highest BCUT2D eigenvalue weighted by molar-refractivity contribution is 7.90. The van der Waals surface area contributed by atoms with E-state index < -0.39 is 14.8 Å². The van der Waals surface area contributed by atoms with Crippen LogP contribution in [0.3, 0.4) is 0 Å². The van der Waals surface area contributed by atoms with E-state index in [0.29, 0.717) is 11.6 Å².